The molecular weight excluding hydrogens is 426 g/mol. The number of nitrogens with two attached hydrogens (primary N) is 1. The van der Waals surface area contributed by atoms with Crippen LogP contribution in [0, 0.1) is 0 Å². The van der Waals surface area contributed by atoms with E-state index in [1.54, 1.807) is 30.5 Å². The second-order valence-corrected chi connectivity index (χ2v) is 7.65. The Morgan fingerprint density at radius 1 is 1.00 bits per heavy atom. The number of para-hydroxylation sites is 2. The molecule has 0 aliphatic carbocycles. The number of carbonyl (C=O) groups excluding carboxylic acids is 1. The van der Waals surface area contributed by atoms with E-state index in [1.165, 1.54) is 0 Å². The Morgan fingerprint density at radius 3 is 2.59 bits per heavy atom. The molecule has 3 heterocycles. The molecule has 168 valence electrons. The zero-order valence-electron chi connectivity index (χ0n) is 18.6. The van der Waals surface area contributed by atoms with Gasteiger partial charge in [0.2, 0.25) is 5.95 Å². The lowest BCUT2D eigenvalue weighted by molar-refractivity contribution is 0.102. The van der Waals surface area contributed by atoms with Crippen LogP contribution in [0.5, 0.6) is 0 Å². The summed E-state index contributed by atoms with van der Waals surface area (Å²) in [6.07, 6.45) is 5.52. The number of hydrogen-bond donors (Lipinski definition) is 2. The maximum absolute atomic E-state index is 12.7. The fraction of sp³-hybridized carbons (Fsp3) is 0.0769. The summed E-state index contributed by atoms with van der Waals surface area (Å²) in [6, 6.07) is 22.2. The predicted molar refractivity (Wildman–Crippen MR) is 134 cm³/mol. The average molecular weight is 450 g/mol. The number of hydrogen-bond acceptors (Lipinski definition) is 6. The van der Waals surface area contributed by atoms with E-state index in [1.807, 2.05) is 77.1 Å². The van der Waals surface area contributed by atoms with Crippen molar-refractivity contribution < 1.29 is 4.79 Å². The predicted octanol–water partition coefficient (Wildman–Crippen LogP) is 4.78. The van der Waals surface area contributed by atoms with Gasteiger partial charge in [0.1, 0.15) is 5.65 Å². The van der Waals surface area contributed by atoms with Crippen molar-refractivity contribution in [3.05, 3.63) is 97.0 Å². The molecule has 34 heavy (non-hydrogen) atoms. The highest BCUT2D eigenvalue weighted by Gasteiger charge is 2.15. The number of anilines is 4. The van der Waals surface area contributed by atoms with Crippen LogP contribution >= 0.6 is 0 Å². The van der Waals surface area contributed by atoms with Crippen LogP contribution in [0.15, 0.2) is 91.4 Å². The van der Waals surface area contributed by atoms with Gasteiger partial charge >= 0.3 is 0 Å². The molecule has 0 spiro atoms. The maximum atomic E-state index is 12.7. The number of nitrogen functional groups attached to an aromatic ring is 1. The number of carbonyl (C=O) groups is 1. The molecule has 0 atom stereocenters. The topological polar surface area (TPSA) is 101 Å². The van der Waals surface area contributed by atoms with Gasteiger partial charge in [0.15, 0.2) is 0 Å². The minimum Gasteiger partial charge on any atom is -0.397 e. The molecule has 0 saturated carbocycles. The molecular formula is C26H23N7O. The highest BCUT2D eigenvalue weighted by molar-refractivity contribution is 6.05. The first-order valence-electron chi connectivity index (χ1n) is 10.9. The van der Waals surface area contributed by atoms with Gasteiger partial charge in [-0.05, 0) is 61.5 Å². The number of pyridine rings is 1. The van der Waals surface area contributed by atoms with Gasteiger partial charge in [-0.15, -0.1) is 0 Å². The van der Waals surface area contributed by atoms with Gasteiger partial charge in [0.05, 0.1) is 29.0 Å². The van der Waals surface area contributed by atoms with Crippen LogP contribution < -0.4 is 16.0 Å². The number of rotatable bonds is 6. The normalized spacial score (nSPS) is 10.9. The van der Waals surface area contributed by atoms with E-state index in [4.69, 9.17) is 10.7 Å². The summed E-state index contributed by atoms with van der Waals surface area (Å²) in [6.45, 7) is 2.69. The minimum atomic E-state index is -0.224. The Morgan fingerprint density at radius 2 is 1.79 bits per heavy atom. The monoisotopic (exact) mass is 449 g/mol. The van der Waals surface area contributed by atoms with Crippen molar-refractivity contribution in [2.45, 2.75) is 6.92 Å². The summed E-state index contributed by atoms with van der Waals surface area (Å²) in [4.78, 5) is 28.4. The summed E-state index contributed by atoms with van der Waals surface area (Å²) in [7, 11) is 0. The molecule has 0 aliphatic heterocycles. The van der Waals surface area contributed by atoms with Crippen molar-refractivity contribution in [3.8, 4) is 11.4 Å². The third-order valence-electron chi connectivity index (χ3n) is 5.53. The van der Waals surface area contributed by atoms with Crippen molar-refractivity contribution in [1.82, 2.24) is 19.4 Å². The standard InChI is InChI=1S/C26H23N7O/c1-2-32(19-12-10-18(11-13-19)25(34)30-21-8-4-3-7-20(21)27)26-28-15-14-22(31-26)23-17-29-24-9-5-6-16-33(23)24/h3-17H,2,27H2,1H3,(H,30,34). The van der Waals surface area contributed by atoms with Crippen LogP contribution in [0.4, 0.5) is 23.0 Å². The average Bonchev–Trinajstić information content (AvgIpc) is 3.31. The van der Waals surface area contributed by atoms with E-state index in [2.05, 4.69) is 15.3 Å². The summed E-state index contributed by atoms with van der Waals surface area (Å²) >= 11 is 0. The molecule has 0 unspecified atom stereocenters. The minimum absolute atomic E-state index is 0.224. The number of fused-ring (bicyclic) bond motifs is 1. The van der Waals surface area contributed by atoms with Gasteiger partial charge in [-0.25, -0.2) is 15.0 Å². The van der Waals surface area contributed by atoms with E-state index in [9.17, 15) is 4.79 Å². The first-order chi connectivity index (χ1) is 16.6. The van der Waals surface area contributed by atoms with Crippen LogP contribution in [0.2, 0.25) is 0 Å². The van der Waals surface area contributed by atoms with Gasteiger partial charge in [0.25, 0.3) is 5.91 Å². The summed E-state index contributed by atoms with van der Waals surface area (Å²) in [5, 5.41) is 2.85. The Hall–Kier alpha value is -4.72. The Kier molecular flexibility index (Phi) is 5.61. The van der Waals surface area contributed by atoms with Crippen LogP contribution in [0.25, 0.3) is 17.0 Å². The second-order valence-electron chi connectivity index (χ2n) is 7.65. The van der Waals surface area contributed by atoms with Gasteiger partial charge in [0, 0.05) is 30.2 Å². The maximum Gasteiger partial charge on any atom is 0.255 e. The first-order valence-corrected chi connectivity index (χ1v) is 10.9. The van der Waals surface area contributed by atoms with E-state index < -0.39 is 0 Å². The molecule has 0 bridgehead atoms. The summed E-state index contributed by atoms with van der Waals surface area (Å²) < 4.78 is 2.00. The number of benzene rings is 2. The molecule has 3 aromatic heterocycles. The lowest BCUT2D eigenvalue weighted by Gasteiger charge is -2.21. The third kappa shape index (κ3) is 4.04. The van der Waals surface area contributed by atoms with E-state index in [0.29, 0.717) is 29.4 Å². The van der Waals surface area contributed by atoms with E-state index in [0.717, 1.165) is 22.7 Å². The number of nitrogens with one attached hydrogen (secondary N) is 1. The lowest BCUT2D eigenvalue weighted by Crippen LogP contribution is -2.19. The molecule has 8 nitrogen and oxygen atoms in total. The Balaban J connectivity index is 1.40. The van der Waals surface area contributed by atoms with Gasteiger partial charge in [-0.1, -0.05) is 18.2 Å². The third-order valence-corrected chi connectivity index (χ3v) is 5.53. The zero-order chi connectivity index (χ0) is 23.5. The molecule has 5 rings (SSSR count). The molecule has 8 heteroatoms. The van der Waals surface area contributed by atoms with Gasteiger partial charge in [-0.3, -0.25) is 9.20 Å². The van der Waals surface area contributed by atoms with Crippen molar-refractivity contribution >= 4 is 34.6 Å². The van der Waals surface area contributed by atoms with Crippen LogP contribution in [-0.2, 0) is 0 Å². The zero-order valence-corrected chi connectivity index (χ0v) is 18.6. The van der Waals surface area contributed by atoms with Crippen molar-refractivity contribution in [3.63, 3.8) is 0 Å². The quantitative estimate of drug-likeness (QED) is 0.362. The van der Waals surface area contributed by atoms with E-state index in [-0.39, 0.29) is 5.91 Å². The smallest absolute Gasteiger partial charge is 0.255 e. The van der Waals surface area contributed by atoms with Crippen molar-refractivity contribution in [2.75, 3.05) is 22.5 Å². The number of amides is 1. The van der Waals surface area contributed by atoms with Crippen LogP contribution in [0.3, 0.4) is 0 Å². The fourth-order valence-corrected chi connectivity index (χ4v) is 3.78. The van der Waals surface area contributed by atoms with Crippen molar-refractivity contribution in [1.29, 1.82) is 0 Å². The number of nitrogens with zero attached hydrogens (tertiary/aromatic N) is 5. The number of imidazole rings is 1. The Bertz CT molecular complexity index is 1460. The largest absolute Gasteiger partial charge is 0.397 e. The van der Waals surface area contributed by atoms with Crippen LogP contribution in [0.1, 0.15) is 17.3 Å². The molecule has 0 fully saturated rings. The lowest BCUT2D eigenvalue weighted by atomic mass is 10.1. The Labute approximate surface area is 196 Å². The molecule has 1 amide bonds. The fourth-order valence-electron chi connectivity index (χ4n) is 3.78. The van der Waals surface area contributed by atoms with E-state index >= 15 is 0 Å². The molecule has 5 aromatic rings. The molecule has 3 N–H and O–H groups in total. The van der Waals surface area contributed by atoms with Gasteiger partial charge < -0.3 is 16.0 Å². The van der Waals surface area contributed by atoms with Gasteiger partial charge in [-0.2, -0.15) is 0 Å². The molecule has 2 aromatic carbocycles. The first kappa shape index (κ1) is 21.1. The van der Waals surface area contributed by atoms with Crippen molar-refractivity contribution in [2.24, 2.45) is 0 Å². The highest BCUT2D eigenvalue weighted by Crippen LogP contribution is 2.26. The summed E-state index contributed by atoms with van der Waals surface area (Å²) in [5.74, 6) is 0.346. The second kappa shape index (κ2) is 9.03. The number of aromatic nitrogens is 4. The van der Waals surface area contributed by atoms with Crippen LogP contribution in [-0.4, -0.2) is 31.8 Å². The summed E-state index contributed by atoms with van der Waals surface area (Å²) in [5.41, 5.74) is 11.0. The SMILES string of the molecule is CCN(c1ccc(C(=O)Nc2ccccc2N)cc1)c1nccc(-c2cnc3ccccn23)n1. The highest BCUT2D eigenvalue weighted by atomic mass is 16.1. The molecule has 0 radical (unpaired) electrons. The molecule has 0 saturated heterocycles. The molecule has 0 aliphatic rings.